The first-order valence-electron chi connectivity index (χ1n) is 9.87. The first kappa shape index (κ1) is 23.2. The summed E-state index contributed by atoms with van der Waals surface area (Å²) in [5, 5.41) is 21.0. The van der Waals surface area contributed by atoms with Crippen molar-refractivity contribution in [2.45, 2.75) is 19.8 Å². The molecule has 2 N–H and O–H groups in total. The molecule has 3 rings (SSSR count). The molecular weight excluding hydrogens is 433 g/mol. The van der Waals surface area contributed by atoms with Gasteiger partial charge in [0.1, 0.15) is 11.6 Å². The molecule has 0 saturated heterocycles. The molecule has 1 aliphatic heterocycles. The lowest BCUT2D eigenvalue weighted by Crippen LogP contribution is -2.21. The second-order valence-corrected chi connectivity index (χ2v) is 8.61. The van der Waals surface area contributed by atoms with Crippen LogP contribution in [0.1, 0.15) is 30.9 Å². The minimum Gasteiger partial charge on any atom is -0.432 e. The van der Waals surface area contributed by atoms with Crippen molar-refractivity contribution >= 4 is 18.9 Å². The van der Waals surface area contributed by atoms with Gasteiger partial charge in [-0.05, 0) is 25.0 Å². The van der Waals surface area contributed by atoms with Gasteiger partial charge in [-0.15, -0.1) is 0 Å². The molecule has 0 spiro atoms. The molecule has 0 radical (unpaired) electrons. The Morgan fingerprint density at radius 2 is 1.72 bits per heavy atom. The summed E-state index contributed by atoms with van der Waals surface area (Å²) in [5.74, 6) is -1.04. The van der Waals surface area contributed by atoms with E-state index in [-0.39, 0.29) is 35.9 Å². The topological polar surface area (TPSA) is 138 Å². The standard InChI is InChI=1S/C22H22N3O6P/c1-3-29-32(28,30-4-2)22-20(15-8-6-5-7-9-15)19(18(14-23)21(24)31-22)16-10-12-17(13-11-16)25(26)27/h5-13,19H,3-4,24H2,1-2H3. The summed E-state index contributed by atoms with van der Waals surface area (Å²) in [6, 6.07) is 16.7. The predicted octanol–water partition coefficient (Wildman–Crippen LogP) is 5.04. The maximum Gasteiger partial charge on any atom is 0.396 e. The number of nitriles is 1. The van der Waals surface area contributed by atoms with Crippen LogP contribution in [0.2, 0.25) is 0 Å². The van der Waals surface area contributed by atoms with Gasteiger partial charge in [-0.3, -0.25) is 14.7 Å². The number of allylic oxidation sites excluding steroid dienone is 2. The maximum atomic E-state index is 13.7. The van der Waals surface area contributed by atoms with E-state index in [0.717, 1.165) is 0 Å². The SMILES string of the molecule is CCOP(=O)(OCC)C1=C(c2ccccc2)C(c2ccc([N+](=O)[O-])cc2)C(C#N)=C(N)O1. The molecule has 2 aromatic rings. The molecule has 166 valence electrons. The largest absolute Gasteiger partial charge is 0.432 e. The Balaban J connectivity index is 2.33. The summed E-state index contributed by atoms with van der Waals surface area (Å²) in [6.45, 7) is 3.52. The third-order valence-corrected chi connectivity index (χ3v) is 6.80. The molecule has 10 heteroatoms. The molecule has 1 unspecified atom stereocenters. The van der Waals surface area contributed by atoms with Crippen molar-refractivity contribution in [3.63, 3.8) is 0 Å². The highest BCUT2D eigenvalue weighted by molar-refractivity contribution is 7.58. The summed E-state index contributed by atoms with van der Waals surface area (Å²) in [6.07, 6.45) is 0. The van der Waals surface area contributed by atoms with E-state index < -0.39 is 18.4 Å². The van der Waals surface area contributed by atoms with Crippen LogP contribution in [0.25, 0.3) is 5.57 Å². The van der Waals surface area contributed by atoms with Crippen LogP contribution >= 0.6 is 7.60 Å². The molecule has 0 aliphatic carbocycles. The van der Waals surface area contributed by atoms with Gasteiger partial charge in [0.25, 0.3) is 5.69 Å². The average Bonchev–Trinajstić information content (AvgIpc) is 2.79. The van der Waals surface area contributed by atoms with Crippen LogP contribution in [0.5, 0.6) is 0 Å². The summed E-state index contributed by atoms with van der Waals surface area (Å²) in [5.41, 5.74) is 7.49. The average molecular weight is 455 g/mol. The van der Waals surface area contributed by atoms with E-state index in [1.54, 1.807) is 38.1 Å². The number of hydrogen-bond acceptors (Lipinski definition) is 8. The number of hydrogen-bond donors (Lipinski definition) is 1. The zero-order valence-electron chi connectivity index (χ0n) is 17.6. The molecule has 32 heavy (non-hydrogen) atoms. The Hall–Kier alpha value is -3.44. The third-order valence-electron chi connectivity index (χ3n) is 4.77. The van der Waals surface area contributed by atoms with E-state index in [4.69, 9.17) is 19.5 Å². The van der Waals surface area contributed by atoms with Crippen LogP contribution in [0.4, 0.5) is 5.69 Å². The molecule has 1 atom stereocenters. The second-order valence-electron chi connectivity index (χ2n) is 6.69. The highest BCUT2D eigenvalue weighted by atomic mass is 31.2. The molecule has 1 aliphatic rings. The lowest BCUT2D eigenvalue weighted by atomic mass is 9.81. The maximum absolute atomic E-state index is 13.7. The van der Waals surface area contributed by atoms with Gasteiger partial charge in [-0.1, -0.05) is 42.5 Å². The summed E-state index contributed by atoms with van der Waals surface area (Å²) in [4.78, 5) is 10.6. The van der Waals surface area contributed by atoms with Gasteiger partial charge in [0.15, 0.2) is 0 Å². The van der Waals surface area contributed by atoms with Crippen molar-refractivity contribution in [1.29, 1.82) is 5.26 Å². The first-order chi connectivity index (χ1) is 15.4. The molecule has 0 saturated carbocycles. The van der Waals surface area contributed by atoms with Gasteiger partial charge < -0.3 is 19.5 Å². The van der Waals surface area contributed by atoms with E-state index in [2.05, 4.69) is 6.07 Å². The van der Waals surface area contributed by atoms with E-state index in [1.807, 2.05) is 6.07 Å². The number of ether oxygens (including phenoxy) is 1. The van der Waals surface area contributed by atoms with Gasteiger partial charge >= 0.3 is 7.60 Å². The van der Waals surface area contributed by atoms with E-state index in [0.29, 0.717) is 16.7 Å². The van der Waals surface area contributed by atoms with Crippen LogP contribution in [-0.4, -0.2) is 18.1 Å². The molecule has 2 aromatic carbocycles. The van der Waals surface area contributed by atoms with E-state index in [9.17, 15) is 19.9 Å². The van der Waals surface area contributed by atoms with Crippen molar-refractivity contribution in [2.24, 2.45) is 5.73 Å². The molecule has 0 bridgehead atoms. The van der Waals surface area contributed by atoms with Crippen LogP contribution < -0.4 is 5.73 Å². The number of nitro groups is 1. The molecule has 0 amide bonds. The Kier molecular flexibility index (Phi) is 7.11. The number of benzene rings is 2. The number of non-ortho nitro benzene ring substituents is 1. The summed E-state index contributed by atoms with van der Waals surface area (Å²) in [7, 11) is -3.95. The van der Waals surface area contributed by atoms with Crippen molar-refractivity contribution in [2.75, 3.05) is 13.2 Å². The lowest BCUT2D eigenvalue weighted by molar-refractivity contribution is -0.384. The Morgan fingerprint density at radius 3 is 2.22 bits per heavy atom. The predicted molar refractivity (Wildman–Crippen MR) is 118 cm³/mol. The second kappa shape index (κ2) is 9.79. The lowest BCUT2D eigenvalue weighted by Gasteiger charge is -2.32. The van der Waals surface area contributed by atoms with Gasteiger partial charge in [0.2, 0.25) is 11.4 Å². The Morgan fingerprint density at radius 1 is 1.12 bits per heavy atom. The van der Waals surface area contributed by atoms with Crippen molar-refractivity contribution in [1.82, 2.24) is 0 Å². The quantitative estimate of drug-likeness (QED) is 0.332. The monoisotopic (exact) mass is 455 g/mol. The smallest absolute Gasteiger partial charge is 0.396 e. The number of nitro benzene ring substituents is 1. The third kappa shape index (κ3) is 4.43. The van der Waals surface area contributed by atoms with Gasteiger partial charge in [0.05, 0.1) is 24.1 Å². The van der Waals surface area contributed by atoms with Crippen molar-refractivity contribution in [3.8, 4) is 6.07 Å². The van der Waals surface area contributed by atoms with Gasteiger partial charge in [-0.2, -0.15) is 5.26 Å². The minimum absolute atomic E-state index is 0.0843. The van der Waals surface area contributed by atoms with Crippen LogP contribution in [0.15, 0.2) is 71.6 Å². The van der Waals surface area contributed by atoms with Gasteiger partial charge in [-0.25, -0.2) is 0 Å². The van der Waals surface area contributed by atoms with Crippen molar-refractivity contribution in [3.05, 3.63) is 92.8 Å². The zero-order valence-corrected chi connectivity index (χ0v) is 18.5. The van der Waals surface area contributed by atoms with E-state index >= 15 is 0 Å². The fraction of sp³-hybridized carbons (Fsp3) is 0.227. The fourth-order valence-corrected chi connectivity index (χ4v) is 5.22. The van der Waals surface area contributed by atoms with Gasteiger partial charge in [0, 0.05) is 17.7 Å². The summed E-state index contributed by atoms with van der Waals surface area (Å²) < 4.78 is 30.5. The Bertz CT molecular complexity index is 1140. The number of nitrogens with two attached hydrogens (primary N) is 1. The first-order valence-corrected chi connectivity index (χ1v) is 11.4. The highest BCUT2D eigenvalue weighted by Gasteiger charge is 2.43. The van der Waals surface area contributed by atoms with Crippen molar-refractivity contribution < 1.29 is 23.3 Å². The normalized spacial score (nSPS) is 16.5. The van der Waals surface area contributed by atoms with Crippen LogP contribution in [-0.2, 0) is 18.3 Å². The molecule has 0 fully saturated rings. The van der Waals surface area contributed by atoms with E-state index in [1.165, 1.54) is 24.3 Å². The summed E-state index contributed by atoms with van der Waals surface area (Å²) >= 11 is 0. The minimum atomic E-state index is -3.95. The fourth-order valence-electron chi connectivity index (χ4n) is 3.47. The molecule has 0 aromatic heterocycles. The number of rotatable bonds is 8. The Labute approximate surface area is 185 Å². The number of nitrogens with zero attached hydrogens (tertiary/aromatic N) is 2. The van der Waals surface area contributed by atoms with Crippen LogP contribution in [0.3, 0.4) is 0 Å². The molecule has 1 heterocycles. The van der Waals surface area contributed by atoms with Crippen LogP contribution in [0, 0.1) is 21.4 Å². The molecular formula is C22H22N3O6P. The zero-order chi connectivity index (χ0) is 23.3. The molecule has 9 nitrogen and oxygen atoms in total. The highest BCUT2D eigenvalue weighted by Crippen LogP contribution is 2.63.